The van der Waals surface area contributed by atoms with Gasteiger partial charge in [-0.05, 0) is 12.1 Å². The fourth-order valence-corrected chi connectivity index (χ4v) is 1.93. The normalized spacial score (nSPS) is 10.2. The van der Waals surface area contributed by atoms with Gasteiger partial charge in [0.1, 0.15) is 17.8 Å². The topological polar surface area (TPSA) is 90.1 Å². The van der Waals surface area contributed by atoms with E-state index in [0.717, 1.165) is 0 Å². The SMILES string of the molecule is COc1cc(N)ccc1C(=O)Nc1c(Cl)ncnc1Cl. The molecule has 104 valence electrons. The highest BCUT2D eigenvalue weighted by molar-refractivity contribution is 6.38. The molecule has 0 unspecified atom stereocenters. The molecule has 0 aliphatic rings. The van der Waals surface area contributed by atoms with Crippen LogP contribution in [0.25, 0.3) is 0 Å². The van der Waals surface area contributed by atoms with E-state index < -0.39 is 5.91 Å². The van der Waals surface area contributed by atoms with E-state index in [2.05, 4.69) is 15.3 Å². The first kappa shape index (κ1) is 14.4. The van der Waals surface area contributed by atoms with Crippen LogP contribution in [-0.4, -0.2) is 23.0 Å². The molecule has 0 aliphatic heterocycles. The van der Waals surface area contributed by atoms with Gasteiger partial charge in [-0.15, -0.1) is 0 Å². The molecule has 3 N–H and O–H groups in total. The fraction of sp³-hybridized carbons (Fsp3) is 0.0833. The standard InChI is InChI=1S/C12H10Cl2N4O2/c1-20-8-4-6(15)2-3-7(8)12(19)18-9-10(13)16-5-17-11(9)14/h2-5H,15H2,1H3,(H,18,19). The Balaban J connectivity index is 2.33. The third-order valence-corrected chi connectivity index (χ3v) is 3.04. The van der Waals surface area contributed by atoms with Crippen LogP contribution < -0.4 is 15.8 Å². The Labute approximate surface area is 124 Å². The maximum atomic E-state index is 12.2. The molecule has 2 rings (SSSR count). The Bertz CT molecular complexity index is 644. The van der Waals surface area contributed by atoms with Gasteiger partial charge < -0.3 is 15.8 Å². The number of benzene rings is 1. The van der Waals surface area contributed by atoms with E-state index in [9.17, 15) is 4.79 Å². The van der Waals surface area contributed by atoms with Crippen LogP contribution >= 0.6 is 23.2 Å². The molecule has 0 radical (unpaired) electrons. The number of aromatic nitrogens is 2. The minimum atomic E-state index is -0.458. The van der Waals surface area contributed by atoms with E-state index in [1.807, 2.05) is 0 Å². The van der Waals surface area contributed by atoms with Crippen molar-refractivity contribution in [1.29, 1.82) is 0 Å². The summed E-state index contributed by atoms with van der Waals surface area (Å²) < 4.78 is 5.11. The van der Waals surface area contributed by atoms with Gasteiger partial charge in [-0.1, -0.05) is 23.2 Å². The summed E-state index contributed by atoms with van der Waals surface area (Å²) in [6, 6.07) is 4.66. The summed E-state index contributed by atoms with van der Waals surface area (Å²) in [7, 11) is 1.44. The van der Waals surface area contributed by atoms with E-state index in [0.29, 0.717) is 11.4 Å². The van der Waals surface area contributed by atoms with Crippen LogP contribution in [0.1, 0.15) is 10.4 Å². The summed E-state index contributed by atoms with van der Waals surface area (Å²) in [5, 5.41) is 2.64. The van der Waals surface area contributed by atoms with Crippen molar-refractivity contribution in [3.05, 3.63) is 40.4 Å². The van der Waals surface area contributed by atoms with Crippen molar-refractivity contribution in [3.63, 3.8) is 0 Å². The Morgan fingerprint density at radius 1 is 1.30 bits per heavy atom. The number of nitrogens with one attached hydrogen (secondary N) is 1. The molecular formula is C12H10Cl2N4O2. The van der Waals surface area contributed by atoms with E-state index in [1.165, 1.54) is 19.5 Å². The van der Waals surface area contributed by atoms with Crippen LogP contribution in [0.15, 0.2) is 24.5 Å². The predicted molar refractivity (Wildman–Crippen MR) is 77.4 cm³/mol. The van der Waals surface area contributed by atoms with Gasteiger partial charge >= 0.3 is 0 Å². The number of carbonyl (C=O) groups excluding carboxylic acids is 1. The highest BCUT2D eigenvalue weighted by atomic mass is 35.5. The van der Waals surface area contributed by atoms with Crippen molar-refractivity contribution >= 4 is 40.5 Å². The average Bonchev–Trinajstić information content (AvgIpc) is 2.42. The molecule has 0 bridgehead atoms. The molecular weight excluding hydrogens is 303 g/mol. The van der Waals surface area contributed by atoms with E-state index >= 15 is 0 Å². The van der Waals surface area contributed by atoms with Crippen LogP contribution in [0, 0.1) is 0 Å². The minimum absolute atomic E-state index is 0.0489. The van der Waals surface area contributed by atoms with Crippen LogP contribution in [0.5, 0.6) is 5.75 Å². The zero-order valence-corrected chi connectivity index (χ0v) is 11.9. The van der Waals surface area contributed by atoms with Crippen molar-refractivity contribution < 1.29 is 9.53 Å². The zero-order chi connectivity index (χ0) is 14.7. The largest absolute Gasteiger partial charge is 0.496 e. The number of ether oxygens (including phenoxy) is 1. The number of nitrogens with two attached hydrogens (primary N) is 1. The lowest BCUT2D eigenvalue weighted by atomic mass is 10.1. The molecule has 1 aromatic heterocycles. The highest BCUT2D eigenvalue weighted by Crippen LogP contribution is 2.28. The second-order valence-corrected chi connectivity index (χ2v) is 4.46. The molecule has 8 heteroatoms. The molecule has 2 aromatic rings. The average molecular weight is 313 g/mol. The van der Waals surface area contributed by atoms with Gasteiger partial charge in [0.05, 0.1) is 12.7 Å². The third-order valence-electron chi connectivity index (χ3n) is 2.46. The first-order valence-electron chi connectivity index (χ1n) is 5.43. The Morgan fingerprint density at radius 2 is 1.95 bits per heavy atom. The quantitative estimate of drug-likeness (QED) is 0.671. The molecule has 0 atom stereocenters. The number of nitrogen functional groups attached to an aromatic ring is 1. The summed E-state index contributed by atoms with van der Waals surface area (Å²) >= 11 is 11.7. The summed E-state index contributed by atoms with van der Waals surface area (Å²) in [5.41, 5.74) is 6.54. The first-order chi connectivity index (χ1) is 9.52. The van der Waals surface area contributed by atoms with Gasteiger partial charge in [0.2, 0.25) is 0 Å². The molecule has 1 aromatic carbocycles. The second-order valence-electron chi connectivity index (χ2n) is 3.74. The molecule has 0 fully saturated rings. The second kappa shape index (κ2) is 5.94. The van der Waals surface area contributed by atoms with Gasteiger partial charge in [-0.25, -0.2) is 9.97 Å². The molecule has 1 heterocycles. The van der Waals surface area contributed by atoms with E-state index in [1.54, 1.807) is 12.1 Å². The Kier molecular flexibility index (Phi) is 4.26. The maximum absolute atomic E-state index is 12.2. The van der Waals surface area contributed by atoms with Crippen LogP contribution in [0.4, 0.5) is 11.4 Å². The molecule has 6 nitrogen and oxygen atoms in total. The van der Waals surface area contributed by atoms with Crippen molar-refractivity contribution in [2.75, 3.05) is 18.2 Å². The number of hydrogen-bond donors (Lipinski definition) is 2. The Morgan fingerprint density at radius 3 is 2.55 bits per heavy atom. The van der Waals surface area contributed by atoms with Crippen LogP contribution in [0.2, 0.25) is 10.3 Å². The lowest BCUT2D eigenvalue weighted by molar-refractivity contribution is 0.102. The molecule has 0 saturated heterocycles. The lowest BCUT2D eigenvalue weighted by Crippen LogP contribution is -2.14. The zero-order valence-electron chi connectivity index (χ0n) is 10.4. The van der Waals surface area contributed by atoms with Crippen molar-refractivity contribution in [1.82, 2.24) is 9.97 Å². The smallest absolute Gasteiger partial charge is 0.259 e. The van der Waals surface area contributed by atoms with Crippen LogP contribution in [-0.2, 0) is 0 Å². The number of methoxy groups -OCH3 is 1. The molecule has 0 aliphatic carbocycles. The van der Waals surface area contributed by atoms with Crippen molar-refractivity contribution in [2.24, 2.45) is 0 Å². The number of carbonyl (C=O) groups is 1. The summed E-state index contributed by atoms with van der Waals surface area (Å²) in [4.78, 5) is 19.7. The van der Waals surface area contributed by atoms with Crippen molar-refractivity contribution in [3.8, 4) is 5.75 Å². The van der Waals surface area contributed by atoms with Crippen molar-refractivity contribution in [2.45, 2.75) is 0 Å². The van der Waals surface area contributed by atoms with E-state index in [-0.39, 0.29) is 21.6 Å². The lowest BCUT2D eigenvalue weighted by Gasteiger charge is -2.11. The number of nitrogens with zero attached hydrogens (tertiary/aromatic N) is 2. The predicted octanol–water partition coefficient (Wildman–Crippen LogP) is 2.63. The summed E-state index contributed by atoms with van der Waals surface area (Å²) in [6.07, 6.45) is 1.20. The van der Waals surface area contributed by atoms with Gasteiger partial charge in [0.25, 0.3) is 5.91 Å². The first-order valence-corrected chi connectivity index (χ1v) is 6.19. The third kappa shape index (κ3) is 2.92. The number of anilines is 2. The molecule has 20 heavy (non-hydrogen) atoms. The number of rotatable bonds is 3. The number of amides is 1. The van der Waals surface area contributed by atoms with Gasteiger partial charge in [-0.3, -0.25) is 4.79 Å². The number of hydrogen-bond acceptors (Lipinski definition) is 5. The molecule has 0 saturated carbocycles. The maximum Gasteiger partial charge on any atom is 0.259 e. The van der Waals surface area contributed by atoms with Gasteiger partial charge in [0, 0.05) is 11.8 Å². The number of halogens is 2. The van der Waals surface area contributed by atoms with Gasteiger partial charge in [-0.2, -0.15) is 0 Å². The summed E-state index contributed by atoms with van der Waals surface area (Å²) in [6.45, 7) is 0. The molecule has 0 spiro atoms. The highest BCUT2D eigenvalue weighted by Gasteiger charge is 2.16. The minimum Gasteiger partial charge on any atom is -0.496 e. The monoisotopic (exact) mass is 312 g/mol. The molecule has 1 amide bonds. The van der Waals surface area contributed by atoms with E-state index in [4.69, 9.17) is 33.7 Å². The Hall–Kier alpha value is -2.05. The fourth-order valence-electron chi connectivity index (χ4n) is 1.52. The summed E-state index contributed by atoms with van der Waals surface area (Å²) in [5.74, 6) is -0.118. The van der Waals surface area contributed by atoms with Gasteiger partial charge in [0.15, 0.2) is 10.3 Å². The van der Waals surface area contributed by atoms with Crippen LogP contribution in [0.3, 0.4) is 0 Å².